The van der Waals surface area contributed by atoms with Gasteiger partial charge in [0.15, 0.2) is 11.6 Å². The second-order valence-electron chi connectivity index (χ2n) is 7.42. The first-order valence-electron chi connectivity index (χ1n) is 9.38. The summed E-state index contributed by atoms with van der Waals surface area (Å²) >= 11 is 0. The van der Waals surface area contributed by atoms with E-state index in [1.807, 2.05) is 0 Å². The Bertz CT molecular complexity index is 859. The minimum Gasteiger partial charge on any atom is -0.310 e. The second-order valence-corrected chi connectivity index (χ2v) is 7.42. The minimum atomic E-state index is -0.830. The Morgan fingerprint density at radius 2 is 1.96 bits per heavy atom. The van der Waals surface area contributed by atoms with Crippen LogP contribution in [0.4, 0.5) is 8.78 Å². The zero-order valence-electron chi connectivity index (χ0n) is 14.7. The number of nitrogens with zero attached hydrogens (tertiary/aromatic N) is 2. The van der Waals surface area contributed by atoms with Crippen molar-refractivity contribution >= 4 is 0 Å². The van der Waals surface area contributed by atoms with Crippen molar-refractivity contribution in [2.24, 2.45) is 0 Å². The monoisotopic (exact) mass is 359 g/mol. The van der Waals surface area contributed by atoms with Crippen LogP contribution in [0.15, 0.2) is 23.0 Å². The van der Waals surface area contributed by atoms with Gasteiger partial charge in [-0.3, -0.25) is 9.69 Å². The molecule has 1 saturated carbocycles. The van der Waals surface area contributed by atoms with Crippen molar-refractivity contribution < 1.29 is 8.78 Å². The number of aromatic nitrogens is 2. The largest absolute Gasteiger partial charge is 0.310 e. The van der Waals surface area contributed by atoms with Crippen LogP contribution in [0.3, 0.4) is 0 Å². The minimum absolute atomic E-state index is 0.0111. The molecule has 0 atom stereocenters. The standard InChI is InChI=1S/C20H23F2N3O/c21-16-7-6-13(10-17(16)22)11-25-9-8-15-18(12-25)23-19(24-20(15)26)14-4-2-1-3-5-14/h6-7,10,14H,1-5,8-9,11-12H2,(H,23,24,26). The molecule has 1 fully saturated rings. The van der Waals surface area contributed by atoms with Crippen LogP contribution in [0.1, 0.15) is 60.7 Å². The molecule has 1 aromatic heterocycles. The number of aromatic amines is 1. The Kier molecular flexibility index (Phi) is 4.85. The number of benzene rings is 1. The molecule has 4 rings (SSSR count). The molecule has 1 aliphatic heterocycles. The summed E-state index contributed by atoms with van der Waals surface area (Å²) in [4.78, 5) is 22.4. The lowest BCUT2D eigenvalue weighted by molar-refractivity contribution is 0.239. The number of nitrogens with one attached hydrogen (secondary N) is 1. The molecule has 0 bridgehead atoms. The van der Waals surface area contributed by atoms with Crippen LogP contribution in [-0.2, 0) is 19.5 Å². The van der Waals surface area contributed by atoms with Crippen LogP contribution in [-0.4, -0.2) is 21.4 Å². The maximum Gasteiger partial charge on any atom is 0.254 e. The van der Waals surface area contributed by atoms with Crippen molar-refractivity contribution in [1.82, 2.24) is 14.9 Å². The third-order valence-corrected chi connectivity index (χ3v) is 5.55. The average molecular weight is 359 g/mol. The van der Waals surface area contributed by atoms with E-state index in [4.69, 9.17) is 4.98 Å². The molecule has 2 heterocycles. The molecule has 26 heavy (non-hydrogen) atoms. The SMILES string of the molecule is O=c1[nH]c(C2CCCCC2)nc2c1CCN(Cc1ccc(F)c(F)c1)C2. The van der Waals surface area contributed by atoms with Gasteiger partial charge in [0.1, 0.15) is 5.82 Å². The molecule has 0 spiro atoms. The Balaban J connectivity index is 1.54. The Morgan fingerprint density at radius 1 is 1.15 bits per heavy atom. The average Bonchev–Trinajstić information content (AvgIpc) is 2.65. The smallest absolute Gasteiger partial charge is 0.254 e. The van der Waals surface area contributed by atoms with E-state index in [1.165, 1.54) is 25.3 Å². The lowest BCUT2D eigenvalue weighted by Crippen LogP contribution is -2.35. The number of fused-ring (bicyclic) bond motifs is 1. The molecule has 0 radical (unpaired) electrons. The van der Waals surface area contributed by atoms with E-state index >= 15 is 0 Å². The zero-order chi connectivity index (χ0) is 18.1. The van der Waals surface area contributed by atoms with Crippen molar-refractivity contribution in [1.29, 1.82) is 0 Å². The highest BCUT2D eigenvalue weighted by atomic mass is 19.2. The summed E-state index contributed by atoms with van der Waals surface area (Å²) in [7, 11) is 0. The van der Waals surface area contributed by atoms with E-state index in [1.54, 1.807) is 6.07 Å². The first-order chi connectivity index (χ1) is 12.6. The molecule has 2 aliphatic rings. The van der Waals surface area contributed by atoms with E-state index in [0.717, 1.165) is 41.6 Å². The highest BCUT2D eigenvalue weighted by Gasteiger charge is 2.24. The van der Waals surface area contributed by atoms with Crippen molar-refractivity contribution in [3.05, 3.63) is 62.8 Å². The van der Waals surface area contributed by atoms with E-state index in [2.05, 4.69) is 9.88 Å². The van der Waals surface area contributed by atoms with E-state index in [0.29, 0.717) is 32.0 Å². The normalized spacial score (nSPS) is 18.7. The third kappa shape index (κ3) is 3.56. The van der Waals surface area contributed by atoms with Gasteiger partial charge in [0, 0.05) is 31.1 Å². The lowest BCUT2D eigenvalue weighted by Gasteiger charge is -2.29. The highest BCUT2D eigenvalue weighted by Crippen LogP contribution is 2.30. The molecular weight excluding hydrogens is 336 g/mol. The molecule has 2 aromatic rings. The van der Waals surface area contributed by atoms with E-state index in [9.17, 15) is 13.6 Å². The highest BCUT2D eigenvalue weighted by molar-refractivity contribution is 5.23. The Morgan fingerprint density at radius 3 is 2.73 bits per heavy atom. The first kappa shape index (κ1) is 17.3. The molecule has 6 heteroatoms. The van der Waals surface area contributed by atoms with Gasteiger partial charge in [-0.15, -0.1) is 0 Å². The Hall–Kier alpha value is -2.08. The van der Waals surface area contributed by atoms with E-state index < -0.39 is 11.6 Å². The number of rotatable bonds is 3. The molecular formula is C20H23F2N3O. The molecule has 0 saturated heterocycles. The fourth-order valence-electron chi connectivity index (χ4n) is 4.11. The number of hydrogen-bond acceptors (Lipinski definition) is 3. The van der Waals surface area contributed by atoms with Crippen molar-refractivity contribution in [3.8, 4) is 0 Å². The van der Waals surface area contributed by atoms with Gasteiger partial charge in [-0.05, 0) is 37.0 Å². The zero-order valence-corrected chi connectivity index (χ0v) is 14.7. The van der Waals surface area contributed by atoms with E-state index in [-0.39, 0.29) is 5.56 Å². The van der Waals surface area contributed by atoms with Crippen LogP contribution in [0, 0.1) is 11.6 Å². The summed E-state index contributed by atoms with van der Waals surface area (Å²) in [6.45, 7) is 1.79. The number of halogens is 2. The van der Waals surface area contributed by atoms with Gasteiger partial charge in [0.25, 0.3) is 5.56 Å². The van der Waals surface area contributed by atoms with Crippen molar-refractivity contribution in [3.63, 3.8) is 0 Å². The van der Waals surface area contributed by atoms with Gasteiger partial charge in [-0.25, -0.2) is 13.8 Å². The summed E-state index contributed by atoms with van der Waals surface area (Å²) in [6.07, 6.45) is 6.43. The maximum atomic E-state index is 13.4. The fraction of sp³-hybridized carbons (Fsp3) is 0.500. The lowest BCUT2D eigenvalue weighted by atomic mass is 9.88. The number of hydrogen-bond donors (Lipinski definition) is 1. The molecule has 4 nitrogen and oxygen atoms in total. The van der Waals surface area contributed by atoms with Gasteiger partial charge in [0.05, 0.1) is 5.69 Å². The van der Waals surface area contributed by atoms with Gasteiger partial charge in [-0.2, -0.15) is 0 Å². The van der Waals surface area contributed by atoms with Crippen molar-refractivity contribution in [2.75, 3.05) is 6.54 Å². The third-order valence-electron chi connectivity index (χ3n) is 5.55. The first-order valence-corrected chi connectivity index (χ1v) is 9.38. The second kappa shape index (κ2) is 7.27. The molecule has 1 aromatic carbocycles. The summed E-state index contributed by atoms with van der Waals surface area (Å²) in [6, 6.07) is 4.00. The topological polar surface area (TPSA) is 49.0 Å². The maximum absolute atomic E-state index is 13.4. The molecule has 0 amide bonds. The van der Waals surface area contributed by atoms with Gasteiger partial charge >= 0.3 is 0 Å². The van der Waals surface area contributed by atoms with Gasteiger partial charge in [0.2, 0.25) is 0 Å². The fourth-order valence-corrected chi connectivity index (χ4v) is 4.11. The summed E-state index contributed by atoms with van der Waals surface area (Å²) in [5.41, 5.74) is 2.32. The summed E-state index contributed by atoms with van der Waals surface area (Å²) in [5, 5.41) is 0. The van der Waals surface area contributed by atoms with Crippen LogP contribution >= 0.6 is 0 Å². The Labute approximate surface area is 151 Å². The molecule has 1 N–H and O–H groups in total. The predicted octanol–water partition coefficient (Wildman–Crippen LogP) is 3.65. The van der Waals surface area contributed by atoms with Crippen LogP contribution < -0.4 is 5.56 Å². The van der Waals surface area contributed by atoms with Crippen LogP contribution in [0.2, 0.25) is 0 Å². The molecule has 138 valence electrons. The summed E-state index contributed by atoms with van der Waals surface area (Å²) < 4.78 is 26.5. The quantitative estimate of drug-likeness (QED) is 0.910. The number of H-pyrrole nitrogens is 1. The van der Waals surface area contributed by atoms with Crippen LogP contribution in [0.25, 0.3) is 0 Å². The van der Waals surface area contributed by atoms with Gasteiger partial charge < -0.3 is 4.98 Å². The molecule has 1 aliphatic carbocycles. The predicted molar refractivity (Wildman–Crippen MR) is 94.9 cm³/mol. The van der Waals surface area contributed by atoms with Crippen molar-refractivity contribution in [2.45, 2.75) is 57.5 Å². The van der Waals surface area contributed by atoms with Crippen LogP contribution in [0.5, 0.6) is 0 Å². The molecule has 0 unspecified atom stereocenters. The summed E-state index contributed by atoms with van der Waals surface area (Å²) in [5.74, 6) is -0.483. The van der Waals surface area contributed by atoms with Gasteiger partial charge in [-0.1, -0.05) is 25.3 Å².